The highest BCUT2D eigenvalue weighted by Gasteiger charge is 2.27. The molecule has 158 valence electrons. The van der Waals surface area contributed by atoms with E-state index in [1.807, 2.05) is 30.3 Å². The maximum absolute atomic E-state index is 12.6. The maximum Gasteiger partial charge on any atom is 0.290 e. The van der Waals surface area contributed by atoms with E-state index in [-0.39, 0.29) is 24.2 Å². The predicted molar refractivity (Wildman–Crippen MR) is 115 cm³/mol. The van der Waals surface area contributed by atoms with Crippen LogP contribution >= 0.6 is 0 Å². The van der Waals surface area contributed by atoms with Crippen LogP contribution in [-0.4, -0.2) is 35.5 Å². The summed E-state index contributed by atoms with van der Waals surface area (Å²) >= 11 is 0. The van der Waals surface area contributed by atoms with Crippen LogP contribution in [0.2, 0.25) is 0 Å². The van der Waals surface area contributed by atoms with Crippen LogP contribution in [0.5, 0.6) is 5.75 Å². The number of fused-ring (bicyclic) bond motifs is 1. The van der Waals surface area contributed by atoms with Crippen molar-refractivity contribution in [1.29, 1.82) is 0 Å². The topological polar surface area (TPSA) is 118 Å². The van der Waals surface area contributed by atoms with E-state index in [1.54, 1.807) is 36.7 Å². The largest absolute Gasteiger partial charge is 0.496 e. The molecule has 3 aromatic rings. The van der Waals surface area contributed by atoms with Gasteiger partial charge in [0.25, 0.3) is 12.4 Å². The van der Waals surface area contributed by atoms with Crippen LogP contribution in [0.25, 0.3) is 0 Å². The van der Waals surface area contributed by atoms with E-state index < -0.39 is 0 Å². The summed E-state index contributed by atoms with van der Waals surface area (Å²) in [5.41, 5.74) is 3.73. The molecule has 0 spiro atoms. The molecule has 0 saturated carbocycles. The van der Waals surface area contributed by atoms with Crippen LogP contribution in [0.3, 0.4) is 0 Å². The second kappa shape index (κ2) is 10.0. The Morgan fingerprint density at radius 2 is 2.00 bits per heavy atom. The van der Waals surface area contributed by atoms with E-state index in [2.05, 4.69) is 15.6 Å². The third-order valence-electron chi connectivity index (χ3n) is 4.79. The average Bonchev–Trinajstić information content (AvgIpc) is 2.79. The Hall–Kier alpha value is -4.20. The molecule has 0 saturated heterocycles. The number of para-hydroxylation sites is 1. The molecule has 1 aliphatic heterocycles. The lowest BCUT2D eigenvalue weighted by Crippen LogP contribution is -2.24. The average molecular weight is 419 g/mol. The van der Waals surface area contributed by atoms with Crippen LogP contribution in [0, 0.1) is 0 Å². The van der Waals surface area contributed by atoms with Crippen molar-refractivity contribution in [3.8, 4) is 5.75 Å². The molecule has 1 atom stereocenters. The second-order valence-corrected chi connectivity index (χ2v) is 6.65. The summed E-state index contributed by atoms with van der Waals surface area (Å²) in [5.74, 6) is 0.109. The lowest BCUT2D eigenvalue weighted by atomic mass is 9.85. The van der Waals surface area contributed by atoms with Crippen molar-refractivity contribution in [2.75, 3.05) is 17.7 Å². The van der Waals surface area contributed by atoms with E-state index in [4.69, 9.17) is 14.6 Å². The fourth-order valence-corrected chi connectivity index (χ4v) is 3.45. The zero-order valence-corrected chi connectivity index (χ0v) is 16.7. The molecule has 4 rings (SSSR count). The highest BCUT2D eigenvalue weighted by molar-refractivity contribution is 6.06. The van der Waals surface area contributed by atoms with Crippen molar-refractivity contribution < 1.29 is 24.2 Å². The van der Waals surface area contributed by atoms with Crippen molar-refractivity contribution >= 4 is 29.7 Å². The lowest BCUT2D eigenvalue weighted by molar-refractivity contribution is -0.123. The number of benzene rings is 2. The molecule has 0 aliphatic carbocycles. The number of nitrogens with one attached hydrogen (secondary N) is 2. The monoisotopic (exact) mass is 419 g/mol. The highest BCUT2D eigenvalue weighted by Crippen LogP contribution is 2.38. The second-order valence-electron chi connectivity index (χ2n) is 6.65. The molecular weight excluding hydrogens is 398 g/mol. The van der Waals surface area contributed by atoms with Gasteiger partial charge in [0, 0.05) is 36.1 Å². The van der Waals surface area contributed by atoms with Crippen LogP contribution in [0.4, 0.5) is 11.4 Å². The number of ether oxygens (including phenoxy) is 1. The van der Waals surface area contributed by atoms with Gasteiger partial charge in [0.05, 0.1) is 12.7 Å². The van der Waals surface area contributed by atoms with Gasteiger partial charge in [-0.05, 0) is 41.5 Å². The van der Waals surface area contributed by atoms with Crippen LogP contribution < -0.4 is 15.4 Å². The van der Waals surface area contributed by atoms with Gasteiger partial charge in [-0.15, -0.1) is 0 Å². The van der Waals surface area contributed by atoms with Crippen LogP contribution in [-0.2, 0) is 9.59 Å². The van der Waals surface area contributed by atoms with Gasteiger partial charge >= 0.3 is 0 Å². The van der Waals surface area contributed by atoms with Crippen LogP contribution in [0.1, 0.15) is 33.8 Å². The first-order chi connectivity index (χ1) is 15.1. The molecule has 8 heteroatoms. The quantitative estimate of drug-likeness (QED) is 0.557. The van der Waals surface area contributed by atoms with Crippen molar-refractivity contribution in [3.05, 3.63) is 83.7 Å². The number of hydrogen-bond acceptors (Lipinski definition) is 5. The van der Waals surface area contributed by atoms with E-state index in [9.17, 15) is 9.59 Å². The first-order valence-electron chi connectivity index (χ1n) is 9.43. The molecule has 0 radical (unpaired) electrons. The van der Waals surface area contributed by atoms with Gasteiger partial charge < -0.3 is 20.5 Å². The Morgan fingerprint density at radius 1 is 1.23 bits per heavy atom. The van der Waals surface area contributed by atoms with E-state index in [1.165, 1.54) is 7.11 Å². The molecule has 0 bridgehead atoms. The standard InChI is InChI=1S/C22H19N3O3.CH2O2/c1-28-20-7-3-2-6-17(20)22(27)24-15-8-9-16-18(14-5-4-10-23-13-14)12-21(26)25-19(16)11-15;2-1-3/h2-11,13,18H,12H2,1H3,(H,24,27)(H,25,26);1H,(H,2,3). The van der Waals surface area contributed by atoms with E-state index in [0.717, 1.165) is 11.1 Å². The minimum Gasteiger partial charge on any atom is -0.496 e. The number of carboxylic acid groups (broad SMARTS) is 1. The molecule has 8 nitrogen and oxygen atoms in total. The number of nitrogens with zero attached hydrogens (tertiary/aromatic N) is 1. The summed E-state index contributed by atoms with van der Waals surface area (Å²) in [7, 11) is 1.53. The number of carbonyl (C=O) groups is 3. The van der Waals surface area contributed by atoms with E-state index >= 15 is 0 Å². The van der Waals surface area contributed by atoms with Crippen molar-refractivity contribution in [3.63, 3.8) is 0 Å². The van der Waals surface area contributed by atoms with Crippen molar-refractivity contribution in [2.24, 2.45) is 0 Å². The Morgan fingerprint density at radius 3 is 2.71 bits per heavy atom. The Bertz CT molecular complexity index is 1090. The summed E-state index contributed by atoms with van der Waals surface area (Å²) < 4.78 is 5.25. The number of rotatable bonds is 4. The van der Waals surface area contributed by atoms with Gasteiger partial charge in [-0.25, -0.2) is 0 Å². The number of amides is 2. The Kier molecular flexibility index (Phi) is 6.95. The van der Waals surface area contributed by atoms with Crippen LogP contribution in [0.15, 0.2) is 67.0 Å². The zero-order chi connectivity index (χ0) is 22.2. The summed E-state index contributed by atoms with van der Waals surface area (Å²) in [4.78, 5) is 37.4. The third kappa shape index (κ3) is 5.05. The number of carbonyl (C=O) groups excluding carboxylic acids is 2. The van der Waals surface area contributed by atoms with Gasteiger partial charge in [0.1, 0.15) is 5.75 Å². The summed E-state index contributed by atoms with van der Waals surface area (Å²) in [6.07, 6.45) is 3.86. The fraction of sp³-hybridized carbons (Fsp3) is 0.130. The first kappa shape index (κ1) is 21.5. The normalized spacial score (nSPS) is 14.2. The zero-order valence-electron chi connectivity index (χ0n) is 16.7. The van der Waals surface area contributed by atoms with Gasteiger partial charge in [-0.2, -0.15) is 0 Å². The molecule has 2 heterocycles. The van der Waals surface area contributed by atoms with Gasteiger partial charge in [-0.1, -0.05) is 24.3 Å². The summed E-state index contributed by atoms with van der Waals surface area (Å²) in [6.45, 7) is -0.250. The fourth-order valence-electron chi connectivity index (χ4n) is 3.45. The molecule has 31 heavy (non-hydrogen) atoms. The number of aromatic nitrogens is 1. The van der Waals surface area contributed by atoms with Gasteiger partial charge in [-0.3, -0.25) is 19.4 Å². The minimum absolute atomic E-state index is 0.0589. The molecular formula is C23H21N3O5. The predicted octanol–water partition coefficient (Wildman–Crippen LogP) is 3.52. The lowest BCUT2D eigenvalue weighted by Gasteiger charge is -2.26. The molecule has 1 unspecified atom stereocenters. The Labute approximate surface area is 178 Å². The number of methoxy groups -OCH3 is 1. The number of pyridine rings is 1. The van der Waals surface area contributed by atoms with Crippen molar-refractivity contribution in [1.82, 2.24) is 4.98 Å². The Balaban J connectivity index is 0.000000858. The number of hydrogen-bond donors (Lipinski definition) is 3. The van der Waals surface area contributed by atoms with E-state index in [0.29, 0.717) is 29.1 Å². The molecule has 2 aromatic carbocycles. The third-order valence-corrected chi connectivity index (χ3v) is 4.79. The van der Waals surface area contributed by atoms with Gasteiger partial charge in [0.15, 0.2) is 0 Å². The maximum atomic E-state index is 12.6. The molecule has 2 amide bonds. The molecule has 1 aliphatic rings. The number of anilines is 2. The summed E-state index contributed by atoms with van der Waals surface area (Å²) in [5, 5.41) is 12.7. The first-order valence-corrected chi connectivity index (χ1v) is 9.43. The minimum atomic E-state index is -0.275. The molecule has 3 N–H and O–H groups in total. The molecule has 1 aromatic heterocycles. The SMILES string of the molecule is COc1ccccc1C(=O)Nc1ccc2c(c1)NC(=O)CC2c1cccnc1.O=CO. The van der Waals surface area contributed by atoms with Gasteiger partial charge in [0.2, 0.25) is 5.91 Å². The smallest absolute Gasteiger partial charge is 0.290 e. The highest BCUT2D eigenvalue weighted by atomic mass is 16.5. The molecule has 0 fully saturated rings. The van der Waals surface area contributed by atoms with Crippen molar-refractivity contribution in [2.45, 2.75) is 12.3 Å². The summed E-state index contributed by atoms with van der Waals surface area (Å²) in [6, 6.07) is 16.4.